The van der Waals surface area contributed by atoms with E-state index in [1.165, 1.54) is 28.0 Å². The molecule has 0 aliphatic heterocycles. The van der Waals surface area contributed by atoms with Crippen molar-refractivity contribution < 1.29 is 0 Å². The zero-order valence-electron chi connectivity index (χ0n) is 12.7. The number of aromatic nitrogens is 2. The summed E-state index contributed by atoms with van der Waals surface area (Å²) >= 11 is 14.6. The van der Waals surface area contributed by atoms with Gasteiger partial charge in [-0.3, -0.25) is 0 Å². The first-order valence-electron chi connectivity index (χ1n) is 7.08. The Morgan fingerprint density at radius 2 is 1.91 bits per heavy atom. The van der Waals surface area contributed by atoms with E-state index in [1.807, 2.05) is 24.3 Å². The fraction of sp³-hybridized carbons (Fsp3) is 0.176. The van der Waals surface area contributed by atoms with Crippen LogP contribution in [-0.2, 0) is 5.75 Å². The number of rotatable bonds is 4. The van der Waals surface area contributed by atoms with Gasteiger partial charge in [0.25, 0.3) is 0 Å². The molecule has 1 aromatic heterocycles. The van der Waals surface area contributed by atoms with Crippen LogP contribution in [0.1, 0.15) is 16.7 Å². The summed E-state index contributed by atoms with van der Waals surface area (Å²) in [6.45, 7) is 4.26. The Labute approximate surface area is 154 Å². The highest BCUT2D eigenvalue weighted by atomic mass is 35.5. The van der Waals surface area contributed by atoms with Crippen LogP contribution in [0.25, 0.3) is 5.69 Å². The molecule has 0 bridgehead atoms. The first kappa shape index (κ1) is 16.7. The molecule has 0 aliphatic rings. The van der Waals surface area contributed by atoms with Gasteiger partial charge in [-0.1, -0.05) is 58.5 Å². The van der Waals surface area contributed by atoms with Crippen molar-refractivity contribution in [3.8, 4) is 5.69 Å². The minimum absolute atomic E-state index is 0.708. The predicted molar refractivity (Wildman–Crippen MR) is 103 cm³/mol. The number of hydrogen-bond acceptors (Lipinski definition) is 4. The first-order valence-corrected chi connectivity index (χ1v) is 9.67. The third-order valence-corrected chi connectivity index (χ3v) is 6.12. The van der Waals surface area contributed by atoms with Crippen molar-refractivity contribution in [2.75, 3.05) is 0 Å². The van der Waals surface area contributed by atoms with Crippen molar-refractivity contribution in [3.05, 3.63) is 68.1 Å². The zero-order chi connectivity index (χ0) is 16.4. The van der Waals surface area contributed by atoms with Crippen molar-refractivity contribution in [1.82, 2.24) is 9.78 Å². The van der Waals surface area contributed by atoms with E-state index in [-0.39, 0.29) is 0 Å². The Balaban J connectivity index is 1.80. The van der Waals surface area contributed by atoms with Crippen molar-refractivity contribution >= 4 is 46.9 Å². The molecule has 6 heteroatoms. The molecule has 118 valence electrons. The molecule has 0 saturated heterocycles. The molecule has 23 heavy (non-hydrogen) atoms. The van der Waals surface area contributed by atoms with Crippen LogP contribution in [0.2, 0.25) is 5.02 Å². The van der Waals surface area contributed by atoms with E-state index in [2.05, 4.69) is 37.1 Å². The molecule has 0 radical (unpaired) electrons. The van der Waals surface area contributed by atoms with Gasteiger partial charge in [0.2, 0.25) is 0 Å². The quantitative estimate of drug-likeness (QED) is 0.396. The molecule has 0 saturated carbocycles. The molecular formula is C17H15ClN2S3. The predicted octanol–water partition coefficient (Wildman–Crippen LogP) is 6.23. The monoisotopic (exact) mass is 378 g/mol. The van der Waals surface area contributed by atoms with E-state index in [9.17, 15) is 0 Å². The smallest absolute Gasteiger partial charge is 0.184 e. The molecule has 0 N–H and O–H groups in total. The van der Waals surface area contributed by atoms with Gasteiger partial charge in [-0.15, -0.1) is 5.10 Å². The third-order valence-electron chi connectivity index (χ3n) is 3.46. The molecule has 2 nitrogen and oxygen atoms in total. The zero-order valence-corrected chi connectivity index (χ0v) is 16.0. The number of halogens is 1. The summed E-state index contributed by atoms with van der Waals surface area (Å²) in [5.41, 5.74) is 4.87. The maximum atomic E-state index is 5.93. The standard InChI is InChI=1S/C17H15ClN2S3/c1-11-3-4-12(2)13(9-11)10-22-16-19-20(17(21)23-16)15-7-5-14(18)6-8-15/h3-9H,10H2,1-2H3. The number of thioether (sulfide) groups is 1. The highest BCUT2D eigenvalue weighted by Crippen LogP contribution is 2.28. The van der Waals surface area contributed by atoms with Crippen LogP contribution in [0.4, 0.5) is 0 Å². The van der Waals surface area contributed by atoms with E-state index in [1.54, 1.807) is 16.4 Å². The van der Waals surface area contributed by atoms with Crippen molar-refractivity contribution in [1.29, 1.82) is 0 Å². The van der Waals surface area contributed by atoms with Crippen LogP contribution in [0.5, 0.6) is 0 Å². The average molecular weight is 379 g/mol. The number of aryl methyl sites for hydroxylation is 2. The van der Waals surface area contributed by atoms with Crippen LogP contribution in [0, 0.1) is 17.8 Å². The Morgan fingerprint density at radius 1 is 1.17 bits per heavy atom. The van der Waals surface area contributed by atoms with E-state index < -0.39 is 0 Å². The third kappa shape index (κ3) is 4.04. The number of hydrogen-bond donors (Lipinski definition) is 0. The second kappa shape index (κ2) is 7.18. The van der Waals surface area contributed by atoms with Crippen LogP contribution in [-0.4, -0.2) is 9.78 Å². The summed E-state index contributed by atoms with van der Waals surface area (Å²) in [6, 6.07) is 14.1. The Kier molecular flexibility index (Phi) is 5.21. The van der Waals surface area contributed by atoms with Gasteiger partial charge < -0.3 is 0 Å². The van der Waals surface area contributed by atoms with E-state index in [0.29, 0.717) is 5.02 Å². The number of benzene rings is 2. The molecule has 0 atom stereocenters. The molecule has 3 rings (SSSR count). The lowest BCUT2D eigenvalue weighted by Gasteiger charge is -2.05. The highest BCUT2D eigenvalue weighted by molar-refractivity contribution is 8.00. The van der Waals surface area contributed by atoms with Gasteiger partial charge in [0.15, 0.2) is 8.29 Å². The molecule has 0 aliphatic carbocycles. The topological polar surface area (TPSA) is 17.8 Å². The van der Waals surface area contributed by atoms with Gasteiger partial charge in [0.05, 0.1) is 5.69 Å². The van der Waals surface area contributed by atoms with E-state index >= 15 is 0 Å². The number of nitrogens with zero attached hydrogens (tertiary/aromatic N) is 2. The molecule has 3 aromatic rings. The molecule has 2 aromatic carbocycles. The second-order valence-corrected chi connectivity index (χ2v) is 8.52. The maximum Gasteiger partial charge on any atom is 0.184 e. The summed E-state index contributed by atoms with van der Waals surface area (Å²) in [7, 11) is 0. The van der Waals surface area contributed by atoms with Crippen LogP contribution < -0.4 is 0 Å². The summed E-state index contributed by atoms with van der Waals surface area (Å²) in [5.74, 6) is 0.899. The summed E-state index contributed by atoms with van der Waals surface area (Å²) in [4.78, 5) is 0. The lowest BCUT2D eigenvalue weighted by Crippen LogP contribution is -1.96. The maximum absolute atomic E-state index is 5.93. The Bertz CT molecular complexity index is 882. The second-order valence-electron chi connectivity index (χ2n) is 5.24. The average Bonchev–Trinajstić information content (AvgIpc) is 2.90. The van der Waals surface area contributed by atoms with Crippen LogP contribution in [0.3, 0.4) is 0 Å². The van der Waals surface area contributed by atoms with Gasteiger partial charge >= 0.3 is 0 Å². The van der Waals surface area contributed by atoms with Crippen molar-refractivity contribution in [2.45, 2.75) is 23.9 Å². The molecule has 0 unspecified atom stereocenters. The largest absolute Gasteiger partial charge is 0.211 e. The highest BCUT2D eigenvalue weighted by Gasteiger charge is 2.08. The lowest BCUT2D eigenvalue weighted by molar-refractivity contribution is 0.829. The lowest BCUT2D eigenvalue weighted by atomic mass is 10.1. The summed E-state index contributed by atoms with van der Waals surface area (Å²) < 4.78 is 3.52. The summed E-state index contributed by atoms with van der Waals surface area (Å²) in [5, 5.41) is 5.34. The van der Waals surface area contributed by atoms with Crippen LogP contribution >= 0.6 is 46.9 Å². The Hall–Kier alpha value is -1.14. The normalized spacial score (nSPS) is 10.9. The SMILES string of the molecule is Cc1ccc(C)c(CSc2nn(-c3ccc(Cl)cc3)c(=S)s2)c1. The van der Waals surface area contributed by atoms with E-state index in [4.69, 9.17) is 23.8 Å². The fourth-order valence-corrected chi connectivity index (χ4v) is 4.71. The molecular weight excluding hydrogens is 364 g/mol. The Morgan fingerprint density at radius 3 is 2.65 bits per heavy atom. The minimum Gasteiger partial charge on any atom is -0.211 e. The fourth-order valence-electron chi connectivity index (χ4n) is 2.16. The van der Waals surface area contributed by atoms with Crippen LogP contribution in [0.15, 0.2) is 46.8 Å². The summed E-state index contributed by atoms with van der Waals surface area (Å²) in [6.07, 6.45) is 0. The van der Waals surface area contributed by atoms with Gasteiger partial charge in [0, 0.05) is 10.8 Å². The molecule has 0 fully saturated rings. The van der Waals surface area contributed by atoms with Crippen molar-refractivity contribution in [2.24, 2.45) is 0 Å². The van der Waals surface area contributed by atoms with Crippen molar-refractivity contribution in [3.63, 3.8) is 0 Å². The molecule has 1 heterocycles. The van der Waals surface area contributed by atoms with E-state index in [0.717, 1.165) is 19.7 Å². The van der Waals surface area contributed by atoms with Gasteiger partial charge in [-0.05, 0) is 61.5 Å². The van der Waals surface area contributed by atoms with Gasteiger partial charge in [-0.25, -0.2) is 4.68 Å². The molecule has 0 amide bonds. The van der Waals surface area contributed by atoms with Gasteiger partial charge in [-0.2, -0.15) is 0 Å². The molecule has 0 spiro atoms. The van der Waals surface area contributed by atoms with Gasteiger partial charge in [0.1, 0.15) is 0 Å². The minimum atomic E-state index is 0.708. The first-order chi connectivity index (χ1) is 11.0.